The maximum atomic E-state index is 12.0. The predicted octanol–water partition coefficient (Wildman–Crippen LogP) is 1.84. The second-order valence-electron chi connectivity index (χ2n) is 5.83. The van der Waals surface area contributed by atoms with E-state index in [1.165, 1.54) is 0 Å². The van der Waals surface area contributed by atoms with Gasteiger partial charge in [0.25, 0.3) is 0 Å². The number of aromatic amines is 1. The molecular formula is C14H19N3O3. The highest BCUT2D eigenvalue weighted by atomic mass is 16.4. The number of hydrogen-bond acceptors (Lipinski definition) is 4. The minimum absolute atomic E-state index is 0.0849. The van der Waals surface area contributed by atoms with Crippen LogP contribution in [-0.2, 0) is 4.79 Å². The Labute approximate surface area is 116 Å². The number of fused-ring (bicyclic) bond motifs is 1. The number of hydrogen-bond donors (Lipinski definition) is 3. The Morgan fingerprint density at radius 2 is 2.05 bits per heavy atom. The van der Waals surface area contributed by atoms with Gasteiger partial charge in [0.2, 0.25) is 5.91 Å². The molecule has 0 saturated heterocycles. The van der Waals surface area contributed by atoms with Crippen LogP contribution in [0.1, 0.15) is 27.7 Å². The van der Waals surface area contributed by atoms with Gasteiger partial charge in [0.05, 0.1) is 5.52 Å². The number of nitrogens with one attached hydrogen (secondary N) is 3. The van der Waals surface area contributed by atoms with E-state index in [2.05, 4.69) is 15.6 Å². The van der Waals surface area contributed by atoms with Gasteiger partial charge >= 0.3 is 5.76 Å². The van der Waals surface area contributed by atoms with E-state index in [4.69, 9.17) is 4.42 Å². The number of carbonyl (C=O) groups is 1. The van der Waals surface area contributed by atoms with Crippen LogP contribution in [0.5, 0.6) is 0 Å². The molecule has 6 heteroatoms. The standard InChI is InChI=1S/C14H19N3O3/c1-8(12(18)17-14(2,3)4)15-9-5-6-11-10(7-9)16-13(19)20-11/h5-8,15H,1-4H3,(H,16,19)(H,17,18)/t8-/m0/s1. The number of amides is 1. The fourth-order valence-electron chi connectivity index (χ4n) is 1.84. The van der Waals surface area contributed by atoms with Crippen molar-refractivity contribution in [2.75, 3.05) is 5.32 Å². The van der Waals surface area contributed by atoms with Crippen LogP contribution >= 0.6 is 0 Å². The van der Waals surface area contributed by atoms with Crippen LogP contribution in [0.25, 0.3) is 11.1 Å². The molecular weight excluding hydrogens is 258 g/mol. The van der Waals surface area contributed by atoms with Crippen LogP contribution in [0, 0.1) is 0 Å². The van der Waals surface area contributed by atoms with Crippen LogP contribution in [0.4, 0.5) is 5.69 Å². The van der Waals surface area contributed by atoms with Crippen molar-refractivity contribution in [3.8, 4) is 0 Å². The maximum Gasteiger partial charge on any atom is 0.417 e. The molecule has 0 bridgehead atoms. The first-order chi connectivity index (χ1) is 9.24. The number of carbonyl (C=O) groups excluding carboxylic acids is 1. The van der Waals surface area contributed by atoms with Gasteiger partial charge in [-0.3, -0.25) is 9.78 Å². The maximum absolute atomic E-state index is 12.0. The van der Waals surface area contributed by atoms with Gasteiger partial charge in [-0.15, -0.1) is 0 Å². The molecule has 2 rings (SSSR count). The first-order valence-electron chi connectivity index (χ1n) is 6.46. The zero-order valence-electron chi connectivity index (χ0n) is 12.0. The molecule has 0 fully saturated rings. The molecule has 1 aromatic heterocycles. The Balaban J connectivity index is 2.11. The van der Waals surface area contributed by atoms with E-state index in [1.54, 1.807) is 25.1 Å². The normalized spacial score (nSPS) is 13.2. The van der Waals surface area contributed by atoms with Gasteiger partial charge in [0.15, 0.2) is 5.58 Å². The van der Waals surface area contributed by atoms with Gasteiger partial charge in [-0.1, -0.05) is 0 Å². The van der Waals surface area contributed by atoms with E-state index in [0.29, 0.717) is 11.1 Å². The molecule has 0 spiro atoms. The quantitative estimate of drug-likeness (QED) is 0.799. The Morgan fingerprint density at radius 1 is 1.35 bits per heavy atom. The highest BCUT2D eigenvalue weighted by molar-refractivity contribution is 5.85. The lowest BCUT2D eigenvalue weighted by Crippen LogP contribution is -2.47. The third-order valence-electron chi connectivity index (χ3n) is 2.69. The second-order valence-corrected chi connectivity index (χ2v) is 5.83. The summed E-state index contributed by atoms with van der Waals surface area (Å²) >= 11 is 0. The summed E-state index contributed by atoms with van der Waals surface area (Å²) in [5.74, 6) is -0.575. The summed E-state index contributed by atoms with van der Waals surface area (Å²) in [6.07, 6.45) is 0. The minimum atomic E-state index is -0.490. The summed E-state index contributed by atoms with van der Waals surface area (Å²) in [5.41, 5.74) is 1.56. The molecule has 1 atom stereocenters. The summed E-state index contributed by atoms with van der Waals surface area (Å²) in [7, 11) is 0. The predicted molar refractivity (Wildman–Crippen MR) is 77.8 cm³/mol. The number of rotatable bonds is 3. The van der Waals surface area contributed by atoms with E-state index in [-0.39, 0.29) is 17.5 Å². The van der Waals surface area contributed by atoms with Crippen LogP contribution in [0.15, 0.2) is 27.4 Å². The fourth-order valence-corrected chi connectivity index (χ4v) is 1.84. The third-order valence-corrected chi connectivity index (χ3v) is 2.69. The van der Waals surface area contributed by atoms with Crippen LogP contribution < -0.4 is 16.4 Å². The number of benzene rings is 1. The van der Waals surface area contributed by atoms with Crippen LogP contribution in [-0.4, -0.2) is 22.5 Å². The molecule has 108 valence electrons. The van der Waals surface area contributed by atoms with E-state index >= 15 is 0 Å². The molecule has 1 heterocycles. The lowest BCUT2D eigenvalue weighted by Gasteiger charge is -2.24. The first-order valence-corrected chi connectivity index (χ1v) is 6.46. The molecule has 6 nitrogen and oxygen atoms in total. The summed E-state index contributed by atoms with van der Waals surface area (Å²) in [4.78, 5) is 25.6. The van der Waals surface area contributed by atoms with E-state index < -0.39 is 5.76 Å². The number of aromatic nitrogens is 1. The molecule has 2 aromatic rings. The van der Waals surface area contributed by atoms with Crippen molar-refractivity contribution in [1.82, 2.24) is 10.3 Å². The highest BCUT2D eigenvalue weighted by Gasteiger charge is 2.19. The van der Waals surface area contributed by atoms with E-state index in [9.17, 15) is 9.59 Å². The molecule has 0 unspecified atom stereocenters. The van der Waals surface area contributed by atoms with Crippen molar-refractivity contribution >= 4 is 22.7 Å². The molecule has 0 saturated carbocycles. The SMILES string of the molecule is C[C@H](Nc1ccc2oc(=O)[nH]c2c1)C(=O)NC(C)(C)C. The lowest BCUT2D eigenvalue weighted by atomic mass is 10.1. The number of oxazole rings is 1. The Bertz CT molecular complexity index is 679. The average Bonchev–Trinajstić information content (AvgIpc) is 2.66. The van der Waals surface area contributed by atoms with Crippen molar-refractivity contribution in [1.29, 1.82) is 0 Å². The van der Waals surface area contributed by atoms with Crippen molar-refractivity contribution in [2.45, 2.75) is 39.3 Å². The first kappa shape index (κ1) is 14.2. The Kier molecular flexibility index (Phi) is 3.57. The Hall–Kier alpha value is -2.24. The zero-order chi connectivity index (χ0) is 14.9. The van der Waals surface area contributed by atoms with Crippen molar-refractivity contribution in [2.24, 2.45) is 0 Å². The summed E-state index contributed by atoms with van der Waals surface area (Å²) in [5, 5.41) is 5.99. The molecule has 1 amide bonds. The summed E-state index contributed by atoms with van der Waals surface area (Å²) < 4.78 is 4.92. The smallest absolute Gasteiger partial charge is 0.408 e. The van der Waals surface area contributed by atoms with Gasteiger partial charge in [-0.25, -0.2) is 4.79 Å². The van der Waals surface area contributed by atoms with Gasteiger partial charge in [0, 0.05) is 11.2 Å². The topological polar surface area (TPSA) is 87.1 Å². The monoisotopic (exact) mass is 277 g/mol. The molecule has 3 N–H and O–H groups in total. The minimum Gasteiger partial charge on any atom is -0.408 e. The molecule has 0 radical (unpaired) electrons. The summed E-state index contributed by atoms with van der Waals surface area (Å²) in [6.45, 7) is 7.57. The largest absolute Gasteiger partial charge is 0.417 e. The summed E-state index contributed by atoms with van der Waals surface area (Å²) in [6, 6.07) is 4.80. The lowest BCUT2D eigenvalue weighted by molar-refractivity contribution is -0.122. The van der Waals surface area contributed by atoms with Crippen molar-refractivity contribution < 1.29 is 9.21 Å². The molecule has 1 aromatic carbocycles. The molecule has 0 aliphatic carbocycles. The molecule has 0 aliphatic rings. The van der Waals surface area contributed by atoms with Crippen LogP contribution in [0.2, 0.25) is 0 Å². The van der Waals surface area contributed by atoms with Crippen LogP contribution in [0.3, 0.4) is 0 Å². The molecule has 20 heavy (non-hydrogen) atoms. The fraction of sp³-hybridized carbons (Fsp3) is 0.429. The highest BCUT2D eigenvalue weighted by Crippen LogP contribution is 2.17. The van der Waals surface area contributed by atoms with Gasteiger partial charge in [0.1, 0.15) is 6.04 Å². The van der Waals surface area contributed by atoms with Gasteiger partial charge < -0.3 is 15.1 Å². The number of anilines is 1. The van der Waals surface area contributed by atoms with E-state index in [1.807, 2.05) is 20.8 Å². The number of H-pyrrole nitrogens is 1. The van der Waals surface area contributed by atoms with Gasteiger partial charge in [-0.05, 0) is 45.9 Å². The third kappa shape index (κ3) is 3.40. The van der Waals surface area contributed by atoms with Crippen molar-refractivity contribution in [3.05, 3.63) is 28.7 Å². The second kappa shape index (κ2) is 5.03. The zero-order valence-corrected chi connectivity index (χ0v) is 12.0. The van der Waals surface area contributed by atoms with Crippen molar-refractivity contribution in [3.63, 3.8) is 0 Å². The molecule has 0 aliphatic heterocycles. The van der Waals surface area contributed by atoms with Gasteiger partial charge in [-0.2, -0.15) is 0 Å². The van der Waals surface area contributed by atoms with E-state index in [0.717, 1.165) is 5.69 Å². The average molecular weight is 277 g/mol. The Morgan fingerprint density at radius 3 is 2.70 bits per heavy atom.